The summed E-state index contributed by atoms with van der Waals surface area (Å²) in [4.78, 5) is 10.4. The molecule has 1 aromatic carbocycles. The fourth-order valence-electron chi connectivity index (χ4n) is 1.03. The first-order chi connectivity index (χ1) is 7.41. The van der Waals surface area contributed by atoms with E-state index in [9.17, 15) is 19.6 Å². The molecule has 0 saturated carbocycles. The van der Waals surface area contributed by atoms with Crippen LogP contribution in [0.3, 0.4) is 0 Å². The summed E-state index contributed by atoms with van der Waals surface area (Å²) < 4.78 is 12.8. The van der Waals surface area contributed by atoms with Crippen LogP contribution >= 0.6 is 11.8 Å². The molecule has 2 atom stereocenters. The summed E-state index contributed by atoms with van der Waals surface area (Å²) in [7, 11) is 0. The van der Waals surface area contributed by atoms with Crippen molar-refractivity contribution in [2.75, 3.05) is 0 Å². The number of hydrogen-bond acceptors (Lipinski definition) is 4. The lowest BCUT2D eigenvalue weighted by Gasteiger charge is -2.13. The summed E-state index contributed by atoms with van der Waals surface area (Å²) in [5, 5.41) is 19.8. The van der Waals surface area contributed by atoms with Gasteiger partial charge in [0.1, 0.15) is 5.82 Å². The number of aliphatic hydroxyl groups excluding tert-OH is 1. The zero-order valence-corrected chi connectivity index (χ0v) is 9.70. The second-order valence-corrected chi connectivity index (χ2v) is 4.85. The molecule has 0 saturated heterocycles. The zero-order valence-electron chi connectivity index (χ0n) is 8.88. The van der Waals surface area contributed by atoms with Crippen LogP contribution in [0.25, 0.3) is 0 Å². The Morgan fingerprint density at radius 2 is 2.12 bits per heavy atom. The molecule has 4 nitrogen and oxygen atoms in total. The number of nitrogens with zero attached hydrogens (tertiary/aromatic N) is 1. The molecule has 0 heterocycles. The van der Waals surface area contributed by atoms with E-state index in [-0.39, 0.29) is 10.9 Å². The van der Waals surface area contributed by atoms with Gasteiger partial charge in [-0.15, -0.1) is 11.8 Å². The molecule has 0 fully saturated rings. The van der Waals surface area contributed by atoms with Crippen LogP contribution in [-0.4, -0.2) is 21.4 Å². The Hall–Kier alpha value is -1.14. The topological polar surface area (TPSA) is 63.4 Å². The number of aliphatic hydroxyl groups is 1. The lowest BCUT2D eigenvalue weighted by atomic mass is 10.3. The van der Waals surface area contributed by atoms with Crippen LogP contribution in [0, 0.1) is 15.9 Å². The Kier molecular flexibility index (Phi) is 4.26. The SMILES string of the molecule is CC(O)C(C)Sc1ccc(F)cc1[N+](=O)[O-]. The summed E-state index contributed by atoms with van der Waals surface area (Å²) in [5.74, 6) is -0.638. The number of nitro groups is 1. The molecular formula is C10H12FNO3S. The highest BCUT2D eigenvalue weighted by atomic mass is 32.2. The molecule has 0 aromatic heterocycles. The van der Waals surface area contributed by atoms with E-state index in [1.807, 2.05) is 0 Å². The van der Waals surface area contributed by atoms with E-state index in [0.29, 0.717) is 4.90 Å². The molecule has 0 spiro atoms. The molecular weight excluding hydrogens is 233 g/mol. The maximum atomic E-state index is 12.8. The van der Waals surface area contributed by atoms with Crippen LogP contribution in [0.15, 0.2) is 23.1 Å². The third kappa shape index (κ3) is 3.18. The average Bonchev–Trinajstić information content (AvgIpc) is 2.20. The Morgan fingerprint density at radius 3 is 2.62 bits per heavy atom. The van der Waals surface area contributed by atoms with Gasteiger partial charge in [0.15, 0.2) is 0 Å². The molecule has 0 radical (unpaired) electrons. The molecule has 1 rings (SSSR count). The molecule has 16 heavy (non-hydrogen) atoms. The number of hydrogen-bond donors (Lipinski definition) is 1. The third-order valence-electron chi connectivity index (χ3n) is 2.11. The van der Waals surface area contributed by atoms with Crippen molar-refractivity contribution in [3.05, 3.63) is 34.1 Å². The largest absolute Gasteiger partial charge is 0.392 e. The van der Waals surface area contributed by atoms with Crippen molar-refractivity contribution in [2.45, 2.75) is 30.1 Å². The maximum absolute atomic E-state index is 12.8. The molecule has 0 amide bonds. The Morgan fingerprint density at radius 1 is 1.50 bits per heavy atom. The lowest BCUT2D eigenvalue weighted by molar-refractivity contribution is -0.387. The molecule has 1 N–H and O–H groups in total. The van der Waals surface area contributed by atoms with Crippen molar-refractivity contribution in [3.63, 3.8) is 0 Å². The first kappa shape index (κ1) is 12.9. The van der Waals surface area contributed by atoms with Gasteiger partial charge < -0.3 is 5.11 Å². The minimum atomic E-state index is -0.638. The number of thioether (sulfide) groups is 1. The van der Waals surface area contributed by atoms with Gasteiger partial charge in [-0.25, -0.2) is 4.39 Å². The summed E-state index contributed by atoms with van der Waals surface area (Å²) in [6.07, 6.45) is -0.588. The van der Waals surface area contributed by atoms with Crippen LogP contribution in [-0.2, 0) is 0 Å². The van der Waals surface area contributed by atoms with Gasteiger partial charge in [-0.3, -0.25) is 10.1 Å². The minimum absolute atomic E-state index is 0.191. The van der Waals surface area contributed by atoms with Crippen molar-refractivity contribution in [1.82, 2.24) is 0 Å². The van der Waals surface area contributed by atoms with Gasteiger partial charge in [0.05, 0.1) is 22.0 Å². The molecule has 1 aromatic rings. The summed E-state index contributed by atoms with van der Waals surface area (Å²) in [6.45, 7) is 3.36. The van der Waals surface area contributed by atoms with E-state index in [4.69, 9.17) is 0 Å². The van der Waals surface area contributed by atoms with E-state index in [2.05, 4.69) is 0 Å². The molecule has 88 valence electrons. The highest BCUT2D eigenvalue weighted by Crippen LogP contribution is 2.33. The normalized spacial score (nSPS) is 14.5. The van der Waals surface area contributed by atoms with Gasteiger partial charge in [-0.1, -0.05) is 6.92 Å². The van der Waals surface area contributed by atoms with E-state index < -0.39 is 16.8 Å². The molecule has 2 unspecified atom stereocenters. The molecule has 0 aliphatic carbocycles. The summed E-state index contributed by atoms with van der Waals surface area (Å²) in [6, 6.07) is 3.41. The van der Waals surface area contributed by atoms with Gasteiger partial charge >= 0.3 is 0 Å². The molecule has 0 aliphatic heterocycles. The van der Waals surface area contributed by atoms with Crippen LogP contribution in [0.1, 0.15) is 13.8 Å². The fraction of sp³-hybridized carbons (Fsp3) is 0.400. The fourth-order valence-corrected chi connectivity index (χ4v) is 2.03. The highest BCUT2D eigenvalue weighted by Gasteiger charge is 2.19. The summed E-state index contributed by atoms with van der Waals surface area (Å²) >= 11 is 1.16. The van der Waals surface area contributed by atoms with Crippen molar-refractivity contribution >= 4 is 17.4 Å². The van der Waals surface area contributed by atoms with Crippen LogP contribution < -0.4 is 0 Å². The van der Waals surface area contributed by atoms with E-state index >= 15 is 0 Å². The Labute approximate surface area is 96.6 Å². The second-order valence-electron chi connectivity index (χ2n) is 3.43. The van der Waals surface area contributed by atoms with Gasteiger partial charge in [0.25, 0.3) is 5.69 Å². The predicted molar refractivity (Wildman–Crippen MR) is 60.1 cm³/mol. The van der Waals surface area contributed by atoms with Crippen molar-refractivity contribution in [2.24, 2.45) is 0 Å². The second kappa shape index (κ2) is 5.27. The lowest BCUT2D eigenvalue weighted by Crippen LogP contribution is -2.15. The third-order valence-corrected chi connectivity index (χ3v) is 3.47. The smallest absolute Gasteiger partial charge is 0.285 e. The van der Waals surface area contributed by atoms with E-state index in [0.717, 1.165) is 17.8 Å². The average molecular weight is 245 g/mol. The van der Waals surface area contributed by atoms with Crippen molar-refractivity contribution in [3.8, 4) is 0 Å². The van der Waals surface area contributed by atoms with Gasteiger partial charge in [-0.2, -0.15) is 0 Å². The Balaban J connectivity index is 2.99. The van der Waals surface area contributed by atoms with Crippen LogP contribution in [0.2, 0.25) is 0 Å². The number of nitro benzene ring substituents is 1. The predicted octanol–water partition coefficient (Wildman–Crippen LogP) is 2.60. The highest BCUT2D eigenvalue weighted by molar-refractivity contribution is 8.00. The monoisotopic (exact) mass is 245 g/mol. The summed E-state index contributed by atoms with van der Waals surface area (Å²) in [5.41, 5.74) is -0.266. The zero-order chi connectivity index (χ0) is 12.3. The van der Waals surface area contributed by atoms with E-state index in [1.165, 1.54) is 12.1 Å². The number of rotatable bonds is 4. The first-order valence-electron chi connectivity index (χ1n) is 4.70. The van der Waals surface area contributed by atoms with Crippen molar-refractivity contribution < 1.29 is 14.4 Å². The van der Waals surface area contributed by atoms with Crippen LogP contribution in [0.5, 0.6) is 0 Å². The van der Waals surface area contributed by atoms with Gasteiger partial charge in [0, 0.05) is 5.25 Å². The quantitative estimate of drug-likeness (QED) is 0.503. The van der Waals surface area contributed by atoms with Crippen LogP contribution in [0.4, 0.5) is 10.1 Å². The van der Waals surface area contributed by atoms with Gasteiger partial charge in [-0.05, 0) is 19.1 Å². The molecule has 0 bridgehead atoms. The molecule has 6 heteroatoms. The number of benzene rings is 1. The van der Waals surface area contributed by atoms with Crippen molar-refractivity contribution in [1.29, 1.82) is 0 Å². The first-order valence-corrected chi connectivity index (χ1v) is 5.58. The Bertz CT molecular complexity index is 398. The van der Waals surface area contributed by atoms with Gasteiger partial charge in [0.2, 0.25) is 0 Å². The minimum Gasteiger partial charge on any atom is -0.392 e. The standard InChI is InChI=1S/C10H12FNO3S/c1-6(13)7(2)16-10-4-3-8(11)5-9(10)12(14)15/h3-7,13H,1-2H3. The maximum Gasteiger partial charge on any atom is 0.285 e. The molecule has 0 aliphatic rings. The number of halogens is 1. The van der Waals surface area contributed by atoms with E-state index in [1.54, 1.807) is 13.8 Å².